The lowest BCUT2D eigenvalue weighted by Gasteiger charge is -2.12. The van der Waals surface area contributed by atoms with E-state index in [1.165, 1.54) is 4.57 Å². The summed E-state index contributed by atoms with van der Waals surface area (Å²) in [6.45, 7) is 6.69. The van der Waals surface area contributed by atoms with E-state index < -0.39 is 0 Å². The predicted molar refractivity (Wildman–Crippen MR) is 72.5 cm³/mol. The molecule has 0 atom stereocenters. The van der Waals surface area contributed by atoms with Crippen LogP contribution in [-0.2, 0) is 13.1 Å². The Bertz CT molecular complexity index is 747. The molecule has 98 valence electrons. The first-order valence-corrected chi connectivity index (χ1v) is 6.32. The average molecular weight is 268 g/mol. The zero-order chi connectivity index (χ0) is 13.4. The van der Waals surface area contributed by atoms with Gasteiger partial charge in [-0.05, 0) is 25.1 Å². The van der Waals surface area contributed by atoms with Crippen LogP contribution < -0.4 is 11.2 Å². The van der Waals surface area contributed by atoms with E-state index in [2.05, 4.69) is 9.97 Å². The third-order valence-corrected chi connectivity index (χ3v) is 2.97. The van der Waals surface area contributed by atoms with Gasteiger partial charge in [0.15, 0.2) is 4.77 Å². The molecule has 0 fully saturated rings. The highest BCUT2D eigenvalue weighted by molar-refractivity contribution is 7.71. The molecule has 2 aromatic rings. The maximum Gasteiger partial charge on any atom is 0.332 e. The predicted octanol–water partition coefficient (Wildman–Crippen LogP) is 1.22. The molecule has 0 spiro atoms. The molecule has 18 heavy (non-hydrogen) atoms. The number of fused-ring (bicyclic) bond motifs is 1. The fraction of sp³-hybridized carbons (Fsp3) is 0.545. The smallest absolute Gasteiger partial charge is 0.325 e. The number of H-pyrrole nitrogens is 2. The van der Waals surface area contributed by atoms with E-state index in [0.717, 1.165) is 0 Å². The van der Waals surface area contributed by atoms with Gasteiger partial charge >= 0.3 is 5.69 Å². The molecular weight excluding hydrogens is 252 g/mol. The molecule has 2 heterocycles. The van der Waals surface area contributed by atoms with Crippen LogP contribution in [0, 0.1) is 10.7 Å². The van der Waals surface area contributed by atoms with E-state index in [1.54, 1.807) is 11.5 Å². The van der Waals surface area contributed by atoms with Crippen molar-refractivity contribution in [2.75, 3.05) is 0 Å². The number of hydrogen-bond donors (Lipinski definition) is 2. The van der Waals surface area contributed by atoms with E-state index in [1.807, 2.05) is 13.8 Å². The maximum atomic E-state index is 12.2. The largest absolute Gasteiger partial charge is 0.332 e. The van der Waals surface area contributed by atoms with Gasteiger partial charge < -0.3 is 9.97 Å². The number of rotatable bonds is 3. The minimum Gasteiger partial charge on any atom is -0.325 e. The molecule has 2 aromatic heterocycles. The van der Waals surface area contributed by atoms with E-state index in [-0.39, 0.29) is 11.2 Å². The molecule has 0 amide bonds. The highest BCUT2D eigenvalue weighted by Crippen LogP contribution is 2.05. The number of nitrogens with zero attached hydrogens (tertiary/aromatic N) is 2. The molecular formula is C11H16N4O2S. The standard InChI is InChI=1S/C11H16N4O2S/c1-4-14-9(16)7-8(13-10(18)12-7)15(11(14)17)5-6(2)3/h6H,4-5H2,1-3H3,(H2,12,13,18). The van der Waals surface area contributed by atoms with Crippen LogP contribution in [-0.4, -0.2) is 19.1 Å². The molecule has 0 aliphatic rings. The summed E-state index contributed by atoms with van der Waals surface area (Å²) in [5.74, 6) is 0.297. The topological polar surface area (TPSA) is 75.6 Å². The van der Waals surface area contributed by atoms with Crippen LogP contribution in [0.2, 0.25) is 0 Å². The van der Waals surface area contributed by atoms with Crippen molar-refractivity contribution in [3.63, 3.8) is 0 Å². The molecule has 7 heteroatoms. The van der Waals surface area contributed by atoms with Gasteiger partial charge in [0.1, 0.15) is 11.2 Å². The monoisotopic (exact) mass is 268 g/mol. The van der Waals surface area contributed by atoms with Crippen molar-refractivity contribution in [2.45, 2.75) is 33.9 Å². The van der Waals surface area contributed by atoms with Gasteiger partial charge in [-0.2, -0.15) is 0 Å². The Kier molecular flexibility index (Phi) is 3.25. The van der Waals surface area contributed by atoms with E-state index in [9.17, 15) is 9.59 Å². The van der Waals surface area contributed by atoms with Crippen molar-refractivity contribution < 1.29 is 0 Å². The van der Waals surface area contributed by atoms with Crippen LogP contribution in [0.5, 0.6) is 0 Å². The minimum absolute atomic E-state index is 0.297. The number of aromatic amines is 2. The quantitative estimate of drug-likeness (QED) is 0.822. The lowest BCUT2D eigenvalue weighted by atomic mass is 10.2. The Hall–Kier alpha value is -1.63. The lowest BCUT2D eigenvalue weighted by molar-refractivity contribution is 0.491. The summed E-state index contributed by atoms with van der Waals surface area (Å²) in [4.78, 5) is 30.0. The van der Waals surface area contributed by atoms with Crippen molar-refractivity contribution in [1.29, 1.82) is 0 Å². The number of aromatic nitrogens is 4. The van der Waals surface area contributed by atoms with Crippen molar-refractivity contribution in [3.05, 3.63) is 25.6 Å². The zero-order valence-corrected chi connectivity index (χ0v) is 11.4. The second kappa shape index (κ2) is 4.56. The first-order valence-electron chi connectivity index (χ1n) is 5.91. The normalized spacial score (nSPS) is 11.6. The Morgan fingerprint density at radius 2 is 1.89 bits per heavy atom. The molecule has 0 saturated carbocycles. The van der Waals surface area contributed by atoms with Gasteiger partial charge in [0.2, 0.25) is 0 Å². The van der Waals surface area contributed by atoms with Gasteiger partial charge in [0, 0.05) is 13.1 Å². The third kappa shape index (κ3) is 1.94. The van der Waals surface area contributed by atoms with Crippen LogP contribution in [0.15, 0.2) is 9.59 Å². The fourth-order valence-electron chi connectivity index (χ4n) is 2.01. The van der Waals surface area contributed by atoms with Gasteiger partial charge in [0.25, 0.3) is 5.56 Å². The molecule has 0 aromatic carbocycles. The average Bonchev–Trinajstić information content (AvgIpc) is 2.67. The molecule has 2 N–H and O–H groups in total. The van der Waals surface area contributed by atoms with Crippen LogP contribution in [0.1, 0.15) is 20.8 Å². The number of hydrogen-bond acceptors (Lipinski definition) is 3. The van der Waals surface area contributed by atoms with Crippen molar-refractivity contribution >= 4 is 23.4 Å². The van der Waals surface area contributed by atoms with Crippen molar-refractivity contribution in [1.82, 2.24) is 19.1 Å². The number of imidazole rings is 1. The van der Waals surface area contributed by atoms with E-state index >= 15 is 0 Å². The molecule has 6 nitrogen and oxygen atoms in total. The Morgan fingerprint density at radius 1 is 1.22 bits per heavy atom. The van der Waals surface area contributed by atoms with Crippen molar-refractivity contribution in [2.24, 2.45) is 5.92 Å². The minimum atomic E-state index is -0.329. The molecule has 0 bridgehead atoms. The maximum absolute atomic E-state index is 12.2. The molecule has 0 radical (unpaired) electrons. The van der Waals surface area contributed by atoms with Crippen LogP contribution in [0.4, 0.5) is 0 Å². The molecule has 0 aliphatic heterocycles. The summed E-state index contributed by atoms with van der Waals surface area (Å²) < 4.78 is 3.13. The summed E-state index contributed by atoms with van der Waals surface area (Å²) >= 11 is 4.99. The Labute approximate surface area is 108 Å². The van der Waals surface area contributed by atoms with Crippen LogP contribution >= 0.6 is 12.2 Å². The van der Waals surface area contributed by atoms with Gasteiger partial charge in [0.05, 0.1) is 0 Å². The number of nitrogens with one attached hydrogen (secondary N) is 2. The SMILES string of the molecule is CCn1c(=O)c2[nH]c(=S)[nH]c2n(CC(C)C)c1=O. The second-order valence-corrected chi connectivity index (χ2v) is 5.05. The van der Waals surface area contributed by atoms with E-state index in [0.29, 0.717) is 34.9 Å². The van der Waals surface area contributed by atoms with Crippen LogP contribution in [0.3, 0.4) is 0 Å². The summed E-state index contributed by atoms with van der Waals surface area (Å²) in [6, 6.07) is 0. The highest BCUT2D eigenvalue weighted by Gasteiger charge is 2.14. The fourth-order valence-corrected chi connectivity index (χ4v) is 2.21. The summed E-state index contributed by atoms with van der Waals surface area (Å²) in [6.07, 6.45) is 0. The lowest BCUT2D eigenvalue weighted by Crippen LogP contribution is -2.40. The van der Waals surface area contributed by atoms with Gasteiger partial charge in [-0.15, -0.1) is 0 Å². The summed E-state index contributed by atoms with van der Waals surface area (Å²) in [5, 5.41) is 0. The zero-order valence-electron chi connectivity index (χ0n) is 10.6. The highest BCUT2D eigenvalue weighted by atomic mass is 32.1. The molecule has 0 aliphatic carbocycles. The Morgan fingerprint density at radius 3 is 2.44 bits per heavy atom. The second-order valence-electron chi connectivity index (χ2n) is 4.64. The van der Waals surface area contributed by atoms with Crippen molar-refractivity contribution in [3.8, 4) is 0 Å². The third-order valence-electron chi connectivity index (χ3n) is 2.76. The van der Waals surface area contributed by atoms with Gasteiger partial charge in [-0.3, -0.25) is 13.9 Å². The molecule has 0 unspecified atom stereocenters. The molecule has 0 saturated heterocycles. The van der Waals surface area contributed by atoms with E-state index in [4.69, 9.17) is 12.2 Å². The Balaban J connectivity index is 2.94. The van der Waals surface area contributed by atoms with Gasteiger partial charge in [-0.25, -0.2) is 4.79 Å². The first kappa shape index (κ1) is 12.8. The summed E-state index contributed by atoms with van der Waals surface area (Å²) in [5.41, 5.74) is 0.217. The summed E-state index contributed by atoms with van der Waals surface area (Å²) in [7, 11) is 0. The first-order chi connectivity index (χ1) is 8.45. The van der Waals surface area contributed by atoms with Crippen LogP contribution in [0.25, 0.3) is 11.2 Å². The molecule has 2 rings (SSSR count). The van der Waals surface area contributed by atoms with Gasteiger partial charge in [-0.1, -0.05) is 13.8 Å².